The van der Waals surface area contributed by atoms with Crippen LogP contribution >= 0.6 is 0 Å². The molecule has 1 amide bonds. The van der Waals surface area contributed by atoms with Gasteiger partial charge in [-0.05, 0) is 36.9 Å². The summed E-state index contributed by atoms with van der Waals surface area (Å²) in [6.45, 7) is 3.49. The number of hydrogen-bond acceptors (Lipinski definition) is 1. The fraction of sp³-hybridized carbons (Fsp3) is 0.190. The number of fused-ring (bicyclic) bond motifs is 2. The summed E-state index contributed by atoms with van der Waals surface area (Å²) in [7, 11) is 0. The molecule has 0 bridgehead atoms. The number of hydrogen-bond donors (Lipinski definition) is 2. The number of H-pyrrole nitrogens is 1. The van der Waals surface area contributed by atoms with Gasteiger partial charge in [-0.25, -0.2) is 0 Å². The molecule has 25 heavy (non-hydrogen) atoms. The second-order valence-electron chi connectivity index (χ2n) is 6.35. The molecular formula is C21H21N3O. The smallest absolute Gasteiger partial charge is 0.253 e. The lowest BCUT2D eigenvalue weighted by atomic mass is 10.1. The van der Waals surface area contributed by atoms with Crippen LogP contribution in [0.15, 0.2) is 60.8 Å². The number of benzene rings is 2. The van der Waals surface area contributed by atoms with Crippen LogP contribution in [0.2, 0.25) is 0 Å². The largest absolute Gasteiger partial charge is 0.358 e. The van der Waals surface area contributed by atoms with Gasteiger partial charge in [-0.2, -0.15) is 0 Å². The number of para-hydroxylation sites is 2. The summed E-state index contributed by atoms with van der Waals surface area (Å²) in [6.07, 6.45) is 3.00. The Morgan fingerprint density at radius 3 is 2.80 bits per heavy atom. The Balaban J connectivity index is 1.40. The molecule has 4 heteroatoms. The van der Waals surface area contributed by atoms with Gasteiger partial charge in [0, 0.05) is 41.4 Å². The Hall–Kier alpha value is -3.01. The zero-order chi connectivity index (χ0) is 17.2. The number of nitrogens with one attached hydrogen (secondary N) is 2. The molecule has 2 N–H and O–H groups in total. The number of aromatic nitrogens is 2. The van der Waals surface area contributed by atoms with Crippen molar-refractivity contribution in [2.75, 3.05) is 6.54 Å². The molecular weight excluding hydrogens is 310 g/mol. The van der Waals surface area contributed by atoms with Gasteiger partial charge in [0.15, 0.2) is 0 Å². The van der Waals surface area contributed by atoms with Crippen LogP contribution < -0.4 is 5.32 Å². The zero-order valence-electron chi connectivity index (χ0n) is 14.3. The van der Waals surface area contributed by atoms with Gasteiger partial charge < -0.3 is 14.9 Å². The van der Waals surface area contributed by atoms with E-state index < -0.39 is 0 Å². The van der Waals surface area contributed by atoms with E-state index in [1.807, 2.05) is 31.2 Å². The molecule has 0 fully saturated rings. The fourth-order valence-corrected chi connectivity index (χ4v) is 3.44. The lowest BCUT2D eigenvalue weighted by Gasteiger charge is -2.08. The van der Waals surface area contributed by atoms with Crippen LogP contribution in [0.3, 0.4) is 0 Å². The number of amides is 1. The maximum Gasteiger partial charge on any atom is 0.253 e. The number of nitrogens with zero attached hydrogens (tertiary/aromatic N) is 1. The molecule has 0 aliphatic heterocycles. The quantitative estimate of drug-likeness (QED) is 0.528. The first-order chi connectivity index (χ1) is 12.2. The van der Waals surface area contributed by atoms with E-state index in [1.165, 1.54) is 10.9 Å². The molecule has 0 saturated heterocycles. The molecule has 0 saturated carbocycles. The monoisotopic (exact) mass is 331 g/mol. The first-order valence-corrected chi connectivity index (χ1v) is 8.63. The summed E-state index contributed by atoms with van der Waals surface area (Å²) in [5.41, 5.74) is 3.90. The highest BCUT2D eigenvalue weighted by Gasteiger charge is 2.15. The van der Waals surface area contributed by atoms with E-state index in [0.717, 1.165) is 35.1 Å². The second-order valence-corrected chi connectivity index (χ2v) is 6.35. The first kappa shape index (κ1) is 15.5. The summed E-state index contributed by atoms with van der Waals surface area (Å²) in [4.78, 5) is 15.9. The number of aryl methyl sites for hydroxylation is 2. The fourth-order valence-electron chi connectivity index (χ4n) is 3.44. The van der Waals surface area contributed by atoms with Crippen LogP contribution in [0.5, 0.6) is 0 Å². The van der Waals surface area contributed by atoms with Gasteiger partial charge in [-0.3, -0.25) is 4.79 Å². The third-order valence-electron chi connectivity index (χ3n) is 4.66. The minimum atomic E-state index is -0.00712. The molecule has 0 radical (unpaired) electrons. The van der Waals surface area contributed by atoms with Crippen molar-refractivity contribution in [3.05, 3.63) is 72.1 Å². The zero-order valence-corrected chi connectivity index (χ0v) is 14.3. The van der Waals surface area contributed by atoms with Gasteiger partial charge in [0.2, 0.25) is 0 Å². The molecule has 0 unspecified atom stereocenters. The predicted octanol–water partition coefficient (Wildman–Crippen LogP) is 4.25. The van der Waals surface area contributed by atoms with Gasteiger partial charge in [-0.15, -0.1) is 0 Å². The van der Waals surface area contributed by atoms with Crippen molar-refractivity contribution < 1.29 is 4.79 Å². The number of carbonyl (C=O) groups excluding carboxylic acids is 1. The van der Waals surface area contributed by atoms with E-state index in [9.17, 15) is 4.79 Å². The average Bonchev–Trinajstić information content (AvgIpc) is 3.18. The van der Waals surface area contributed by atoms with Crippen molar-refractivity contribution in [2.24, 2.45) is 0 Å². The van der Waals surface area contributed by atoms with E-state index in [2.05, 4.69) is 51.4 Å². The van der Waals surface area contributed by atoms with Crippen LogP contribution in [-0.2, 0) is 6.54 Å². The van der Waals surface area contributed by atoms with E-state index in [4.69, 9.17) is 0 Å². The Labute approximate surface area is 146 Å². The highest BCUT2D eigenvalue weighted by Crippen LogP contribution is 2.21. The van der Waals surface area contributed by atoms with Crippen molar-refractivity contribution in [2.45, 2.75) is 19.9 Å². The number of rotatable bonds is 5. The maximum absolute atomic E-state index is 12.6. The maximum atomic E-state index is 12.6. The van der Waals surface area contributed by atoms with E-state index in [-0.39, 0.29) is 5.91 Å². The average molecular weight is 331 g/mol. The minimum Gasteiger partial charge on any atom is -0.358 e. The van der Waals surface area contributed by atoms with Crippen LogP contribution in [0.25, 0.3) is 21.8 Å². The van der Waals surface area contributed by atoms with Crippen LogP contribution in [0.4, 0.5) is 0 Å². The third kappa shape index (κ3) is 2.91. The molecule has 4 aromatic rings. The molecule has 0 spiro atoms. The van der Waals surface area contributed by atoms with Gasteiger partial charge in [0.05, 0.1) is 5.56 Å². The van der Waals surface area contributed by atoms with E-state index in [1.54, 1.807) is 0 Å². The van der Waals surface area contributed by atoms with Crippen LogP contribution in [-0.4, -0.2) is 22.0 Å². The Morgan fingerprint density at radius 2 is 1.88 bits per heavy atom. The van der Waals surface area contributed by atoms with Crippen LogP contribution in [0.1, 0.15) is 22.5 Å². The molecule has 4 nitrogen and oxygen atoms in total. The van der Waals surface area contributed by atoms with Crippen molar-refractivity contribution in [1.29, 1.82) is 0 Å². The topological polar surface area (TPSA) is 49.8 Å². The summed E-state index contributed by atoms with van der Waals surface area (Å²) in [5.74, 6) is -0.00712. The van der Waals surface area contributed by atoms with Crippen molar-refractivity contribution in [1.82, 2.24) is 14.9 Å². The normalized spacial score (nSPS) is 11.2. The summed E-state index contributed by atoms with van der Waals surface area (Å²) in [5, 5.41) is 5.29. The van der Waals surface area contributed by atoms with E-state index in [0.29, 0.717) is 6.54 Å². The lowest BCUT2D eigenvalue weighted by Crippen LogP contribution is -2.25. The molecule has 2 heterocycles. The molecule has 0 atom stereocenters. The van der Waals surface area contributed by atoms with Crippen molar-refractivity contribution in [3.63, 3.8) is 0 Å². The highest BCUT2D eigenvalue weighted by atomic mass is 16.1. The van der Waals surface area contributed by atoms with Gasteiger partial charge in [0.25, 0.3) is 5.91 Å². The molecule has 2 aromatic heterocycles. The number of carbonyl (C=O) groups is 1. The Morgan fingerprint density at radius 1 is 1.08 bits per heavy atom. The predicted molar refractivity (Wildman–Crippen MR) is 102 cm³/mol. The highest BCUT2D eigenvalue weighted by molar-refractivity contribution is 6.08. The lowest BCUT2D eigenvalue weighted by molar-refractivity contribution is 0.0954. The Kier molecular flexibility index (Phi) is 4.02. The first-order valence-electron chi connectivity index (χ1n) is 8.63. The number of aromatic amines is 1. The van der Waals surface area contributed by atoms with Crippen molar-refractivity contribution in [3.8, 4) is 0 Å². The molecule has 0 aliphatic rings. The minimum absolute atomic E-state index is 0.00712. The molecule has 126 valence electrons. The molecule has 4 rings (SSSR count). The van der Waals surface area contributed by atoms with Gasteiger partial charge >= 0.3 is 0 Å². The third-order valence-corrected chi connectivity index (χ3v) is 4.66. The SMILES string of the molecule is Cc1[nH]c2ccccc2c1C(=O)NCCCn1ccc2ccccc21. The summed E-state index contributed by atoms with van der Waals surface area (Å²) in [6, 6.07) is 18.4. The molecule has 0 aliphatic carbocycles. The van der Waals surface area contributed by atoms with Gasteiger partial charge in [-0.1, -0.05) is 36.4 Å². The van der Waals surface area contributed by atoms with Crippen molar-refractivity contribution >= 4 is 27.7 Å². The Bertz CT molecular complexity index is 1040. The van der Waals surface area contributed by atoms with Gasteiger partial charge in [0.1, 0.15) is 0 Å². The van der Waals surface area contributed by atoms with E-state index >= 15 is 0 Å². The molecule has 2 aromatic carbocycles. The standard InChI is InChI=1S/C21H21N3O/c1-15-20(17-8-3-4-9-18(17)23-15)21(25)22-12-6-13-24-14-11-16-7-2-5-10-19(16)24/h2-5,7-11,14,23H,6,12-13H2,1H3,(H,22,25). The van der Waals surface area contributed by atoms with Crippen LogP contribution in [0, 0.1) is 6.92 Å². The summed E-state index contributed by atoms with van der Waals surface area (Å²) >= 11 is 0. The second kappa shape index (κ2) is 6.48. The summed E-state index contributed by atoms with van der Waals surface area (Å²) < 4.78 is 2.23.